The van der Waals surface area contributed by atoms with Gasteiger partial charge in [-0.1, -0.05) is 60.7 Å². The van der Waals surface area contributed by atoms with Gasteiger partial charge in [0, 0.05) is 12.0 Å². The summed E-state index contributed by atoms with van der Waals surface area (Å²) < 4.78 is 5.19. The van der Waals surface area contributed by atoms with Crippen LogP contribution in [-0.2, 0) is 6.42 Å². The van der Waals surface area contributed by atoms with Crippen LogP contribution in [0.3, 0.4) is 0 Å². The minimum atomic E-state index is 0.342. The molecule has 3 aromatic rings. The zero-order chi connectivity index (χ0) is 14.5. The van der Waals surface area contributed by atoms with Gasteiger partial charge in [-0.25, -0.2) is 4.98 Å². The molecule has 0 spiro atoms. The molecule has 0 saturated heterocycles. The number of nitrogens with zero attached hydrogens (tertiary/aromatic N) is 3. The van der Waals surface area contributed by atoms with Crippen molar-refractivity contribution in [2.75, 3.05) is 7.11 Å². The predicted molar refractivity (Wildman–Crippen MR) is 81.1 cm³/mol. The topological polar surface area (TPSA) is 47.9 Å². The predicted octanol–water partition coefficient (Wildman–Crippen LogP) is 3.14. The van der Waals surface area contributed by atoms with Gasteiger partial charge in [0.1, 0.15) is 5.82 Å². The average Bonchev–Trinajstić information content (AvgIpc) is 2.56. The molecule has 0 bridgehead atoms. The fourth-order valence-corrected chi connectivity index (χ4v) is 2.06. The van der Waals surface area contributed by atoms with E-state index < -0.39 is 0 Å². The summed E-state index contributed by atoms with van der Waals surface area (Å²) in [6.07, 6.45) is 0.652. The van der Waals surface area contributed by atoms with Crippen LogP contribution in [0.4, 0.5) is 0 Å². The monoisotopic (exact) mass is 277 g/mol. The van der Waals surface area contributed by atoms with Gasteiger partial charge in [-0.3, -0.25) is 0 Å². The van der Waals surface area contributed by atoms with Gasteiger partial charge in [0.2, 0.25) is 0 Å². The summed E-state index contributed by atoms with van der Waals surface area (Å²) in [5.74, 6) is 1.33. The molecule has 0 saturated carbocycles. The van der Waals surface area contributed by atoms with Crippen molar-refractivity contribution in [3.63, 3.8) is 0 Å². The van der Waals surface area contributed by atoms with Gasteiger partial charge < -0.3 is 4.74 Å². The van der Waals surface area contributed by atoms with Crippen LogP contribution in [0.1, 0.15) is 11.4 Å². The lowest BCUT2D eigenvalue weighted by Gasteiger charge is -2.06. The molecule has 0 aliphatic rings. The van der Waals surface area contributed by atoms with E-state index in [1.165, 1.54) is 0 Å². The Bertz CT molecular complexity index is 715. The SMILES string of the molecule is COc1nc(Cc2ccccc2)nc(-c2ccccc2)n1. The summed E-state index contributed by atoms with van der Waals surface area (Å²) in [5.41, 5.74) is 2.11. The second-order valence-corrected chi connectivity index (χ2v) is 4.59. The van der Waals surface area contributed by atoms with E-state index in [0.717, 1.165) is 11.1 Å². The Balaban J connectivity index is 1.98. The fourth-order valence-electron chi connectivity index (χ4n) is 2.06. The highest BCUT2D eigenvalue weighted by molar-refractivity contribution is 5.54. The molecular formula is C17H15N3O. The van der Waals surface area contributed by atoms with Gasteiger partial charge in [0.25, 0.3) is 0 Å². The third-order valence-corrected chi connectivity index (χ3v) is 3.08. The molecule has 1 heterocycles. The van der Waals surface area contributed by atoms with Crippen LogP contribution in [0.25, 0.3) is 11.4 Å². The van der Waals surface area contributed by atoms with Crippen LogP contribution in [0.5, 0.6) is 6.01 Å². The number of aromatic nitrogens is 3. The molecule has 1 aromatic heterocycles. The standard InChI is InChI=1S/C17H15N3O/c1-21-17-19-15(12-13-8-4-2-5-9-13)18-16(20-17)14-10-6-3-7-11-14/h2-11H,12H2,1H3. The van der Waals surface area contributed by atoms with E-state index in [1.54, 1.807) is 7.11 Å². The first-order chi connectivity index (χ1) is 10.3. The summed E-state index contributed by atoms with van der Waals surface area (Å²) >= 11 is 0. The Morgan fingerprint density at radius 1 is 0.810 bits per heavy atom. The molecule has 0 aliphatic carbocycles. The highest BCUT2D eigenvalue weighted by Crippen LogP contribution is 2.17. The summed E-state index contributed by atoms with van der Waals surface area (Å²) in [6, 6.07) is 20.3. The normalized spacial score (nSPS) is 10.3. The first kappa shape index (κ1) is 13.2. The largest absolute Gasteiger partial charge is 0.467 e. The van der Waals surface area contributed by atoms with Crippen LogP contribution in [0.15, 0.2) is 60.7 Å². The van der Waals surface area contributed by atoms with Gasteiger partial charge >= 0.3 is 6.01 Å². The van der Waals surface area contributed by atoms with E-state index in [2.05, 4.69) is 27.1 Å². The zero-order valence-corrected chi connectivity index (χ0v) is 11.7. The zero-order valence-electron chi connectivity index (χ0n) is 11.7. The van der Waals surface area contributed by atoms with E-state index in [9.17, 15) is 0 Å². The highest BCUT2D eigenvalue weighted by Gasteiger charge is 2.09. The minimum Gasteiger partial charge on any atom is -0.467 e. The van der Waals surface area contributed by atoms with Gasteiger partial charge in [-0.2, -0.15) is 9.97 Å². The summed E-state index contributed by atoms with van der Waals surface area (Å²) in [4.78, 5) is 13.2. The minimum absolute atomic E-state index is 0.342. The molecule has 0 N–H and O–H groups in total. The fraction of sp³-hybridized carbons (Fsp3) is 0.118. The van der Waals surface area contributed by atoms with Gasteiger partial charge in [-0.15, -0.1) is 0 Å². The van der Waals surface area contributed by atoms with Crippen molar-refractivity contribution in [1.29, 1.82) is 0 Å². The number of benzene rings is 2. The Morgan fingerprint density at radius 3 is 2.14 bits per heavy atom. The molecular weight excluding hydrogens is 262 g/mol. The third kappa shape index (κ3) is 3.23. The molecule has 2 aromatic carbocycles. The molecule has 0 fully saturated rings. The Labute approximate surface area is 123 Å². The first-order valence-corrected chi connectivity index (χ1v) is 6.73. The lowest BCUT2D eigenvalue weighted by atomic mass is 10.1. The number of hydrogen-bond acceptors (Lipinski definition) is 4. The van der Waals surface area contributed by atoms with Crippen molar-refractivity contribution in [1.82, 2.24) is 15.0 Å². The third-order valence-electron chi connectivity index (χ3n) is 3.08. The molecule has 104 valence electrons. The van der Waals surface area contributed by atoms with Crippen molar-refractivity contribution in [2.45, 2.75) is 6.42 Å². The lowest BCUT2D eigenvalue weighted by molar-refractivity contribution is 0.376. The van der Waals surface area contributed by atoms with Crippen molar-refractivity contribution < 1.29 is 4.74 Å². The van der Waals surface area contributed by atoms with E-state index in [-0.39, 0.29) is 0 Å². The second-order valence-electron chi connectivity index (χ2n) is 4.59. The Morgan fingerprint density at radius 2 is 1.48 bits per heavy atom. The van der Waals surface area contributed by atoms with Crippen molar-refractivity contribution in [2.24, 2.45) is 0 Å². The van der Waals surface area contributed by atoms with Crippen molar-refractivity contribution in [3.05, 3.63) is 72.1 Å². The van der Waals surface area contributed by atoms with Crippen molar-refractivity contribution in [3.8, 4) is 17.4 Å². The highest BCUT2D eigenvalue weighted by atomic mass is 16.5. The molecule has 4 heteroatoms. The Kier molecular flexibility index (Phi) is 3.87. The quantitative estimate of drug-likeness (QED) is 0.735. The molecule has 4 nitrogen and oxygen atoms in total. The van der Waals surface area contributed by atoms with E-state index in [1.807, 2.05) is 48.5 Å². The van der Waals surface area contributed by atoms with Gasteiger partial charge in [0.15, 0.2) is 5.82 Å². The molecule has 0 atom stereocenters. The summed E-state index contributed by atoms with van der Waals surface area (Å²) in [7, 11) is 1.57. The maximum Gasteiger partial charge on any atom is 0.319 e. The van der Waals surface area contributed by atoms with Crippen LogP contribution >= 0.6 is 0 Å². The Hall–Kier alpha value is -2.75. The number of methoxy groups -OCH3 is 1. The molecule has 0 unspecified atom stereocenters. The van der Waals surface area contributed by atoms with Crippen molar-refractivity contribution >= 4 is 0 Å². The molecule has 21 heavy (non-hydrogen) atoms. The second kappa shape index (κ2) is 6.13. The number of ether oxygens (including phenoxy) is 1. The maximum atomic E-state index is 5.19. The smallest absolute Gasteiger partial charge is 0.319 e. The van der Waals surface area contributed by atoms with Crippen LogP contribution in [-0.4, -0.2) is 22.1 Å². The first-order valence-electron chi connectivity index (χ1n) is 6.73. The average molecular weight is 277 g/mol. The van der Waals surface area contributed by atoms with E-state index >= 15 is 0 Å². The van der Waals surface area contributed by atoms with Crippen LogP contribution in [0, 0.1) is 0 Å². The van der Waals surface area contributed by atoms with Gasteiger partial charge in [-0.05, 0) is 5.56 Å². The molecule has 0 radical (unpaired) electrons. The number of rotatable bonds is 4. The maximum absolute atomic E-state index is 5.19. The molecule has 3 rings (SSSR count). The molecule has 0 amide bonds. The van der Waals surface area contributed by atoms with Crippen LogP contribution < -0.4 is 4.74 Å². The lowest BCUT2D eigenvalue weighted by Crippen LogP contribution is -2.04. The van der Waals surface area contributed by atoms with E-state index in [0.29, 0.717) is 24.1 Å². The summed E-state index contributed by atoms with van der Waals surface area (Å²) in [6.45, 7) is 0. The summed E-state index contributed by atoms with van der Waals surface area (Å²) in [5, 5.41) is 0. The van der Waals surface area contributed by atoms with Crippen LogP contribution in [0.2, 0.25) is 0 Å². The molecule has 0 aliphatic heterocycles. The van der Waals surface area contributed by atoms with Gasteiger partial charge in [0.05, 0.1) is 7.11 Å². The number of hydrogen-bond donors (Lipinski definition) is 0. The van der Waals surface area contributed by atoms with E-state index in [4.69, 9.17) is 4.74 Å².